The summed E-state index contributed by atoms with van der Waals surface area (Å²) in [5, 5.41) is 25.9. The lowest BCUT2D eigenvalue weighted by Crippen LogP contribution is -1.73. The van der Waals surface area contributed by atoms with E-state index in [0.717, 1.165) is 0 Å². The zero-order valence-electron chi connectivity index (χ0n) is 40.6. The molecule has 0 fully saturated rings. The highest BCUT2D eigenvalue weighted by Gasteiger charge is 1.65. The monoisotopic (exact) mass is 1030 g/mol. The van der Waals surface area contributed by atoms with Crippen molar-refractivity contribution in [1.29, 1.82) is 0 Å². The van der Waals surface area contributed by atoms with E-state index in [4.69, 9.17) is 0 Å². The van der Waals surface area contributed by atoms with Gasteiger partial charge in [-0.25, -0.2) is 44.9 Å². The molecular formula is C50H55N23O3. The van der Waals surface area contributed by atoms with Crippen LogP contribution >= 0.6 is 0 Å². The molecule has 13 aromatic heterocycles. The number of imidazole rings is 2. The van der Waals surface area contributed by atoms with Gasteiger partial charge in [0, 0.05) is 112 Å². The molecule has 14 rings (SSSR count). The Bertz CT molecular complexity index is 1930. The van der Waals surface area contributed by atoms with Gasteiger partial charge in [0.2, 0.25) is 12.8 Å². The number of rotatable bonds is 0. The number of aromatic amines is 5. The van der Waals surface area contributed by atoms with Crippen molar-refractivity contribution in [2.24, 2.45) is 0 Å². The van der Waals surface area contributed by atoms with Gasteiger partial charge in [0.15, 0.2) is 6.39 Å². The second kappa shape index (κ2) is 59.4. The molecule has 0 aliphatic carbocycles. The van der Waals surface area contributed by atoms with Crippen LogP contribution in [0, 0.1) is 0 Å². The zero-order chi connectivity index (χ0) is 53.7. The van der Waals surface area contributed by atoms with Crippen LogP contribution in [-0.4, -0.2) is 116 Å². The number of nitrogens with one attached hydrogen (secondary N) is 5. The number of benzene rings is 1. The lowest BCUT2D eigenvalue weighted by Gasteiger charge is -1.70. The van der Waals surface area contributed by atoms with Crippen LogP contribution in [0.25, 0.3) is 0 Å². The van der Waals surface area contributed by atoms with Crippen molar-refractivity contribution >= 4 is 0 Å². The first-order chi connectivity index (χ1) is 38.0. The number of H-pyrrole nitrogens is 5. The predicted molar refractivity (Wildman–Crippen MR) is 279 cm³/mol. The Kier molecular flexibility index (Phi) is 48.7. The van der Waals surface area contributed by atoms with Gasteiger partial charge >= 0.3 is 0 Å². The first-order valence-electron chi connectivity index (χ1n) is 21.7. The fraction of sp³-hybridized carbons (Fsp3) is 0. The first-order valence-corrected chi connectivity index (χ1v) is 21.7. The maximum atomic E-state index is 4.58. The van der Waals surface area contributed by atoms with Crippen LogP contribution < -0.4 is 0 Å². The highest BCUT2D eigenvalue weighted by atomic mass is 16.3. The number of pyridine rings is 1. The first kappa shape index (κ1) is 62.3. The fourth-order valence-electron chi connectivity index (χ4n) is 3.29. The van der Waals surface area contributed by atoms with Gasteiger partial charge in [-0.15, -0.1) is 10.2 Å². The van der Waals surface area contributed by atoms with E-state index in [1.807, 2.05) is 109 Å². The number of hydrogen-bond acceptors (Lipinski definition) is 21. The van der Waals surface area contributed by atoms with Crippen molar-refractivity contribution < 1.29 is 13.3 Å². The third kappa shape index (κ3) is 56.6. The maximum absolute atomic E-state index is 4.58. The minimum Gasteiger partial charge on any atom is -0.473 e. The molecule has 26 nitrogen and oxygen atoms in total. The Labute approximate surface area is 437 Å². The van der Waals surface area contributed by atoms with E-state index in [9.17, 15) is 0 Å². The van der Waals surface area contributed by atoms with Crippen LogP contribution in [0.3, 0.4) is 0 Å². The smallest absolute Gasteiger partial charge is 0.203 e. The summed E-state index contributed by atoms with van der Waals surface area (Å²) in [6, 6.07) is 32.5. The van der Waals surface area contributed by atoms with Crippen molar-refractivity contribution in [2.45, 2.75) is 0 Å². The maximum Gasteiger partial charge on any atom is 0.203 e. The Morgan fingerprint density at radius 2 is 0.750 bits per heavy atom. The van der Waals surface area contributed by atoms with Crippen LogP contribution in [0.15, 0.2) is 323 Å². The second-order valence-electron chi connectivity index (χ2n) is 11.6. The van der Waals surface area contributed by atoms with Crippen molar-refractivity contribution in [1.82, 2.24) is 116 Å². The SMILES string of the molecule is c1c[nH]cn1.c1c[nH]cn1.c1cc[nH]c1.c1ccccc1.c1ccncc1.c1ccnnc1.c1ccoc1.c1cn[nH]c1.c1cnccn1.c1cncnc1.c1cocn1.c1nc[nH]n1.c1ncncn1.c1nnco1. The molecule has 14 aromatic rings. The zero-order valence-corrected chi connectivity index (χ0v) is 40.6. The molecule has 0 aliphatic heterocycles. The lowest BCUT2D eigenvalue weighted by molar-refractivity contribution is 0.553. The fourth-order valence-corrected chi connectivity index (χ4v) is 3.29. The van der Waals surface area contributed by atoms with Crippen molar-refractivity contribution in [3.63, 3.8) is 0 Å². The number of aromatic nitrogens is 23. The average Bonchev–Trinajstić information content (AvgIpc) is 4.37. The van der Waals surface area contributed by atoms with E-state index in [-0.39, 0.29) is 0 Å². The van der Waals surface area contributed by atoms with Crippen molar-refractivity contribution in [3.8, 4) is 0 Å². The van der Waals surface area contributed by atoms with Gasteiger partial charge in [0.1, 0.15) is 44.2 Å². The summed E-state index contributed by atoms with van der Waals surface area (Å²) >= 11 is 0. The van der Waals surface area contributed by atoms with Crippen LogP contribution in [0.4, 0.5) is 0 Å². The molecule has 0 atom stereocenters. The molecule has 76 heavy (non-hydrogen) atoms. The number of oxazole rings is 1. The Morgan fingerprint density at radius 1 is 0.224 bits per heavy atom. The van der Waals surface area contributed by atoms with Crippen LogP contribution in [0.1, 0.15) is 0 Å². The van der Waals surface area contributed by atoms with Crippen LogP contribution in [0.2, 0.25) is 0 Å². The van der Waals surface area contributed by atoms with Gasteiger partial charge in [0.25, 0.3) is 0 Å². The molecule has 26 heteroatoms. The summed E-state index contributed by atoms with van der Waals surface area (Å²) in [5.41, 5.74) is 0. The third-order valence-electron chi connectivity index (χ3n) is 6.17. The summed E-state index contributed by atoms with van der Waals surface area (Å²) in [6.07, 6.45) is 53.1. The second-order valence-corrected chi connectivity index (χ2v) is 11.6. The van der Waals surface area contributed by atoms with Gasteiger partial charge in [-0.3, -0.25) is 25.1 Å². The summed E-state index contributed by atoms with van der Waals surface area (Å²) in [7, 11) is 0. The minimum atomic E-state index is 1.26. The Hall–Kier alpha value is -11.7. The summed E-state index contributed by atoms with van der Waals surface area (Å²) < 4.78 is 13.4. The molecule has 0 saturated carbocycles. The molecule has 1 aromatic carbocycles. The summed E-state index contributed by atoms with van der Waals surface area (Å²) in [4.78, 5) is 52.1. The van der Waals surface area contributed by atoms with Gasteiger partial charge in [-0.1, -0.05) is 42.5 Å². The molecule has 0 amide bonds. The molecule has 0 aliphatic rings. The molecule has 0 unspecified atom stereocenters. The standard InChI is InChI=1S/C6H6.C5H5N.3C4H4N2.C4H5N.C4H4O.C3H3N3.3C3H4N2.C3H3NO.C2H3N3.C2H2N2O/c2*1-2-4-6-5-3-1;1-2-6-4-3-5-1;1-2-5-4-6-3-1;1-2-4-6-5-3-1;2*1-2-4-5-3-1;1-4-2-6-3-5-1;2*1-2-5-3-4-1;1-2-4-5-3-1;1-2-5-3-4-1;1-3-2-5-4-1;1-3-4-2-5-1/h1-6H;1-5H;3*1-4H;1-5H;1-4H;1-3H;3*1-3H,(H,4,5);1-3H;1-2H,(H,3,4,5);1-2H. The largest absolute Gasteiger partial charge is 0.473 e. The quantitative estimate of drug-likeness (QED) is 0.0956. The minimum absolute atomic E-state index is 1.26. The summed E-state index contributed by atoms with van der Waals surface area (Å²) in [5.74, 6) is 0. The van der Waals surface area contributed by atoms with E-state index in [0.29, 0.717) is 0 Å². The molecular weight excluding hydrogens is 971 g/mol. The van der Waals surface area contributed by atoms with Gasteiger partial charge in [0.05, 0.1) is 31.4 Å². The van der Waals surface area contributed by atoms with Crippen LogP contribution in [0.5, 0.6) is 0 Å². The van der Waals surface area contributed by atoms with E-state index in [1.54, 1.807) is 137 Å². The van der Waals surface area contributed by atoms with Crippen molar-refractivity contribution in [3.05, 3.63) is 309 Å². The number of furan rings is 1. The summed E-state index contributed by atoms with van der Waals surface area (Å²) in [6.45, 7) is 0. The normalized spacial score (nSPS) is 8.00. The van der Waals surface area contributed by atoms with Gasteiger partial charge < -0.3 is 28.2 Å². The Morgan fingerprint density at radius 3 is 0.921 bits per heavy atom. The molecule has 0 bridgehead atoms. The number of nitrogens with zero attached hydrogens (tertiary/aromatic N) is 18. The molecule has 388 valence electrons. The van der Waals surface area contributed by atoms with Gasteiger partial charge in [-0.05, 0) is 60.7 Å². The van der Waals surface area contributed by atoms with Gasteiger partial charge in [-0.2, -0.15) is 20.4 Å². The van der Waals surface area contributed by atoms with E-state index < -0.39 is 0 Å². The molecule has 5 N–H and O–H groups in total. The van der Waals surface area contributed by atoms with E-state index in [2.05, 4.69) is 129 Å². The van der Waals surface area contributed by atoms with E-state index >= 15 is 0 Å². The highest BCUT2D eigenvalue weighted by molar-refractivity contribution is 4.99. The highest BCUT2D eigenvalue weighted by Crippen LogP contribution is 1.81. The average molecular weight is 1030 g/mol. The molecule has 0 spiro atoms. The predicted octanol–water partition coefficient (Wildman–Crippen LogP) is 8.14. The number of hydrogen-bond donors (Lipinski definition) is 5. The third-order valence-corrected chi connectivity index (χ3v) is 6.17. The Balaban J connectivity index is 0.000000410. The molecule has 0 saturated heterocycles. The topological polar surface area (TPSA) is 350 Å². The van der Waals surface area contributed by atoms with Crippen LogP contribution in [-0.2, 0) is 0 Å². The molecule has 13 heterocycles. The lowest BCUT2D eigenvalue weighted by atomic mass is 10.4. The van der Waals surface area contributed by atoms with Crippen molar-refractivity contribution in [2.75, 3.05) is 0 Å². The molecule has 0 radical (unpaired) electrons. The van der Waals surface area contributed by atoms with E-state index in [1.165, 1.54) is 63.4 Å².